The Morgan fingerprint density at radius 1 is 1.00 bits per heavy atom. The van der Waals surface area contributed by atoms with Crippen LogP contribution < -0.4 is 14.9 Å². The third-order valence-corrected chi connectivity index (χ3v) is 5.20. The van der Waals surface area contributed by atoms with Crippen molar-refractivity contribution in [3.05, 3.63) is 36.4 Å². The molecule has 1 aliphatic heterocycles. The zero-order valence-corrected chi connectivity index (χ0v) is 14.4. The standard InChI is InChI=1S/C16H21N5O2S/c1-2-24(22,23)20-16-10-9-15(18-19-16)17-13-5-7-14(8-6-13)21-11-3-4-12-21/h5-10H,2-4,11-12H2,1H3,(H,17,18)(H,19,20). The average molecular weight is 347 g/mol. The van der Waals surface area contributed by atoms with Gasteiger partial charge >= 0.3 is 0 Å². The third kappa shape index (κ3) is 4.14. The first-order chi connectivity index (χ1) is 11.6. The molecule has 1 fully saturated rings. The van der Waals surface area contributed by atoms with Crippen LogP contribution in [0.4, 0.5) is 23.0 Å². The molecular weight excluding hydrogens is 326 g/mol. The van der Waals surface area contributed by atoms with Gasteiger partial charge in [0.05, 0.1) is 5.75 Å². The van der Waals surface area contributed by atoms with Crippen molar-refractivity contribution in [1.29, 1.82) is 0 Å². The summed E-state index contributed by atoms with van der Waals surface area (Å²) in [6.07, 6.45) is 2.51. The molecule has 0 amide bonds. The highest BCUT2D eigenvalue weighted by atomic mass is 32.2. The van der Waals surface area contributed by atoms with Crippen molar-refractivity contribution >= 4 is 33.0 Å². The summed E-state index contributed by atoms with van der Waals surface area (Å²) >= 11 is 0. The second-order valence-corrected chi connectivity index (χ2v) is 7.69. The van der Waals surface area contributed by atoms with Crippen LogP contribution in [-0.4, -0.2) is 37.5 Å². The van der Waals surface area contributed by atoms with Crippen LogP contribution in [0, 0.1) is 0 Å². The molecule has 1 aromatic carbocycles. The van der Waals surface area contributed by atoms with Gasteiger partial charge in [0.15, 0.2) is 11.6 Å². The highest BCUT2D eigenvalue weighted by Gasteiger charge is 2.12. The SMILES string of the molecule is CCS(=O)(=O)Nc1ccc(Nc2ccc(N3CCCC3)cc2)nn1. The smallest absolute Gasteiger partial charge is 0.233 e. The van der Waals surface area contributed by atoms with Crippen molar-refractivity contribution < 1.29 is 8.42 Å². The molecule has 2 heterocycles. The summed E-state index contributed by atoms with van der Waals surface area (Å²) in [5.41, 5.74) is 2.14. The number of hydrogen-bond acceptors (Lipinski definition) is 6. The van der Waals surface area contributed by atoms with E-state index in [1.54, 1.807) is 19.1 Å². The van der Waals surface area contributed by atoms with Gasteiger partial charge in [0.2, 0.25) is 10.0 Å². The largest absolute Gasteiger partial charge is 0.372 e. The van der Waals surface area contributed by atoms with Gasteiger partial charge in [-0.3, -0.25) is 4.72 Å². The van der Waals surface area contributed by atoms with Gasteiger partial charge < -0.3 is 10.2 Å². The molecular formula is C16H21N5O2S. The van der Waals surface area contributed by atoms with Gasteiger partial charge in [0.1, 0.15) is 0 Å². The highest BCUT2D eigenvalue weighted by molar-refractivity contribution is 7.92. The van der Waals surface area contributed by atoms with Crippen LogP contribution in [0.3, 0.4) is 0 Å². The lowest BCUT2D eigenvalue weighted by atomic mass is 10.2. The predicted molar refractivity (Wildman–Crippen MR) is 96.3 cm³/mol. The lowest BCUT2D eigenvalue weighted by molar-refractivity contribution is 0.602. The second kappa shape index (κ2) is 7.04. The van der Waals surface area contributed by atoms with Crippen LogP contribution in [0.5, 0.6) is 0 Å². The molecule has 0 bridgehead atoms. The molecule has 2 N–H and O–H groups in total. The van der Waals surface area contributed by atoms with Gasteiger partial charge in [0, 0.05) is 24.5 Å². The molecule has 1 aliphatic rings. The molecule has 1 aromatic heterocycles. The highest BCUT2D eigenvalue weighted by Crippen LogP contribution is 2.23. The first kappa shape index (κ1) is 16.5. The number of nitrogens with one attached hydrogen (secondary N) is 2. The minimum atomic E-state index is -3.33. The maximum atomic E-state index is 11.5. The van der Waals surface area contributed by atoms with Crippen molar-refractivity contribution in [2.24, 2.45) is 0 Å². The van der Waals surface area contributed by atoms with Gasteiger partial charge in [-0.25, -0.2) is 8.42 Å². The van der Waals surface area contributed by atoms with E-state index in [4.69, 9.17) is 0 Å². The van der Waals surface area contributed by atoms with E-state index in [0.29, 0.717) is 5.82 Å². The van der Waals surface area contributed by atoms with Crippen molar-refractivity contribution in [1.82, 2.24) is 10.2 Å². The molecule has 24 heavy (non-hydrogen) atoms. The summed E-state index contributed by atoms with van der Waals surface area (Å²) in [6.45, 7) is 3.80. The van der Waals surface area contributed by atoms with Gasteiger partial charge in [0.25, 0.3) is 0 Å². The number of rotatable bonds is 6. The summed E-state index contributed by atoms with van der Waals surface area (Å²) in [4.78, 5) is 2.37. The monoisotopic (exact) mass is 347 g/mol. The Kier molecular flexibility index (Phi) is 4.84. The zero-order chi connectivity index (χ0) is 17.0. The normalized spacial score (nSPS) is 14.6. The van der Waals surface area contributed by atoms with Gasteiger partial charge in [-0.1, -0.05) is 0 Å². The Hall–Kier alpha value is -2.35. The van der Waals surface area contributed by atoms with Crippen molar-refractivity contribution in [2.75, 3.05) is 33.8 Å². The van der Waals surface area contributed by atoms with E-state index < -0.39 is 10.0 Å². The Morgan fingerprint density at radius 2 is 1.62 bits per heavy atom. The van der Waals surface area contributed by atoms with Gasteiger partial charge in [-0.2, -0.15) is 0 Å². The van der Waals surface area contributed by atoms with Gasteiger partial charge in [-0.05, 0) is 56.2 Å². The minimum Gasteiger partial charge on any atom is -0.372 e. The molecule has 128 valence electrons. The second-order valence-electron chi connectivity index (χ2n) is 5.68. The van der Waals surface area contributed by atoms with Crippen LogP contribution >= 0.6 is 0 Å². The van der Waals surface area contributed by atoms with E-state index in [1.165, 1.54) is 18.5 Å². The van der Waals surface area contributed by atoms with Gasteiger partial charge in [-0.15, -0.1) is 10.2 Å². The zero-order valence-electron chi connectivity index (χ0n) is 13.6. The van der Waals surface area contributed by atoms with Crippen molar-refractivity contribution in [3.8, 4) is 0 Å². The summed E-state index contributed by atoms with van der Waals surface area (Å²) in [5.74, 6) is 0.771. The molecule has 7 nitrogen and oxygen atoms in total. The van der Waals surface area contributed by atoms with Crippen molar-refractivity contribution in [3.63, 3.8) is 0 Å². The van der Waals surface area contributed by atoms with E-state index in [0.717, 1.165) is 18.8 Å². The lowest BCUT2D eigenvalue weighted by Gasteiger charge is -2.17. The molecule has 0 saturated carbocycles. The molecule has 0 unspecified atom stereocenters. The Morgan fingerprint density at radius 3 is 2.21 bits per heavy atom. The van der Waals surface area contributed by atoms with Crippen LogP contribution in [0.1, 0.15) is 19.8 Å². The molecule has 2 aromatic rings. The Labute approximate surface area is 142 Å². The molecule has 3 rings (SSSR count). The minimum absolute atomic E-state index is 0.00194. The molecule has 0 spiro atoms. The fraction of sp³-hybridized carbons (Fsp3) is 0.375. The molecule has 0 radical (unpaired) electrons. The van der Waals surface area contributed by atoms with E-state index in [1.807, 2.05) is 12.1 Å². The average Bonchev–Trinajstić information content (AvgIpc) is 3.12. The fourth-order valence-electron chi connectivity index (χ4n) is 2.56. The van der Waals surface area contributed by atoms with Crippen LogP contribution in [-0.2, 0) is 10.0 Å². The fourth-order valence-corrected chi connectivity index (χ4v) is 3.14. The molecule has 0 atom stereocenters. The third-order valence-electron chi connectivity index (χ3n) is 3.92. The van der Waals surface area contributed by atoms with Crippen LogP contribution in [0.25, 0.3) is 0 Å². The van der Waals surface area contributed by atoms with E-state index in [-0.39, 0.29) is 11.6 Å². The number of hydrogen-bond donors (Lipinski definition) is 2. The summed E-state index contributed by atoms with van der Waals surface area (Å²) in [7, 11) is -3.33. The number of anilines is 4. The van der Waals surface area contributed by atoms with E-state index >= 15 is 0 Å². The molecule has 8 heteroatoms. The summed E-state index contributed by atoms with van der Waals surface area (Å²) < 4.78 is 25.3. The first-order valence-corrected chi connectivity index (χ1v) is 9.67. The Balaban J connectivity index is 1.63. The predicted octanol–water partition coefficient (Wildman–Crippen LogP) is 2.58. The van der Waals surface area contributed by atoms with Crippen molar-refractivity contribution in [2.45, 2.75) is 19.8 Å². The van der Waals surface area contributed by atoms with E-state index in [9.17, 15) is 8.42 Å². The quantitative estimate of drug-likeness (QED) is 0.835. The van der Waals surface area contributed by atoms with Crippen LogP contribution in [0.2, 0.25) is 0 Å². The maximum absolute atomic E-state index is 11.5. The van der Waals surface area contributed by atoms with E-state index in [2.05, 4.69) is 37.3 Å². The van der Waals surface area contributed by atoms with Crippen LogP contribution in [0.15, 0.2) is 36.4 Å². The molecule has 0 aliphatic carbocycles. The number of benzene rings is 1. The first-order valence-electron chi connectivity index (χ1n) is 8.02. The number of nitrogens with zero attached hydrogens (tertiary/aromatic N) is 3. The summed E-state index contributed by atoms with van der Waals surface area (Å²) in [6, 6.07) is 11.5. The molecule has 1 saturated heterocycles. The maximum Gasteiger partial charge on any atom is 0.233 e. The number of aromatic nitrogens is 2. The lowest BCUT2D eigenvalue weighted by Crippen LogP contribution is -2.17. The Bertz CT molecular complexity index is 769. The summed E-state index contributed by atoms with van der Waals surface area (Å²) in [5, 5.41) is 11.0. The number of sulfonamides is 1. The topological polar surface area (TPSA) is 87.2 Å².